The molecule has 1 fully saturated rings. The van der Waals surface area contributed by atoms with E-state index in [9.17, 15) is 5.11 Å². The van der Waals surface area contributed by atoms with Gasteiger partial charge in [0.25, 0.3) is 0 Å². The summed E-state index contributed by atoms with van der Waals surface area (Å²) in [5.41, 5.74) is 6.98. The zero-order valence-corrected chi connectivity index (χ0v) is 12.1. The fourth-order valence-corrected chi connectivity index (χ4v) is 3.43. The molecule has 1 aromatic carbocycles. The van der Waals surface area contributed by atoms with Crippen LogP contribution in [0.5, 0.6) is 0 Å². The van der Waals surface area contributed by atoms with E-state index in [-0.39, 0.29) is 6.04 Å². The van der Waals surface area contributed by atoms with Crippen molar-refractivity contribution in [2.45, 2.75) is 25.1 Å². The lowest BCUT2D eigenvalue weighted by atomic mass is 10.0. The van der Waals surface area contributed by atoms with Crippen LogP contribution in [0.2, 0.25) is 0 Å². The van der Waals surface area contributed by atoms with Crippen LogP contribution in [0.3, 0.4) is 0 Å². The number of rotatable bonds is 3. The summed E-state index contributed by atoms with van der Waals surface area (Å²) in [6.45, 7) is 2.44. The van der Waals surface area contributed by atoms with Gasteiger partial charge in [0.1, 0.15) is 5.01 Å². The Morgan fingerprint density at radius 3 is 2.90 bits per heavy atom. The number of aliphatic hydroxyl groups is 1. The van der Waals surface area contributed by atoms with Crippen LogP contribution < -0.4 is 5.73 Å². The van der Waals surface area contributed by atoms with Crippen molar-refractivity contribution < 1.29 is 5.11 Å². The number of aromatic nitrogens is 1. The molecule has 1 aromatic heterocycles. The Morgan fingerprint density at radius 2 is 2.15 bits per heavy atom. The van der Waals surface area contributed by atoms with E-state index in [2.05, 4.69) is 22.0 Å². The normalized spacial score (nSPS) is 23.9. The highest BCUT2D eigenvalue weighted by molar-refractivity contribution is 7.15. The van der Waals surface area contributed by atoms with E-state index in [1.54, 1.807) is 11.3 Å². The minimum absolute atomic E-state index is 0.0763. The molecule has 1 saturated heterocycles. The first-order chi connectivity index (χ1) is 9.72. The molecule has 0 aliphatic carbocycles. The van der Waals surface area contributed by atoms with Crippen molar-refractivity contribution in [1.29, 1.82) is 0 Å². The van der Waals surface area contributed by atoms with Crippen LogP contribution in [0.4, 0.5) is 0 Å². The summed E-state index contributed by atoms with van der Waals surface area (Å²) >= 11 is 1.72. The number of nitrogens with two attached hydrogens (primary N) is 1. The maximum atomic E-state index is 9.83. The largest absolute Gasteiger partial charge is 0.390 e. The molecular formula is C15H19N3OS. The average molecular weight is 289 g/mol. The van der Waals surface area contributed by atoms with E-state index in [1.165, 1.54) is 4.88 Å². The Hall–Kier alpha value is -1.27. The van der Waals surface area contributed by atoms with Gasteiger partial charge in [0.2, 0.25) is 0 Å². The summed E-state index contributed by atoms with van der Waals surface area (Å²) in [6.07, 6.45) is 2.38. The lowest BCUT2D eigenvalue weighted by molar-refractivity contribution is 0.0504. The predicted molar refractivity (Wildman–Crippen MR) is 81.4 cm³/mol. The topological polar surface area (TPSA) is 62.4 Å². The Bertz CT molecular complexity index is 557. The van der Waals surface area contributed by atoms with Gasteiger partial charge in [-0.25, -0.2) is 4.98 Å². The van der Waals surface area contributed by atoms with Gasteiger partial charge in [-0.1, -0.05) is 30.3 Å². The zero-order valence-electron chi connectivity index (χ0n) is 11.3. The van der Waals surface area contributed by atoms with Crippen molar-refractivity contribution in [3.05, 3.63) is 41.4 Å². The number of aliphatic hydroxyl groups excluding tert-OH is 1. The molecule has 106 valence electrons. The molecule has 1 aliphatic rings. The number of piperidine rings is 1. The van der Waals surface area contributed by atoms with Crippen molar-refractivity contribution in [3.63, 3.8) is 0 Å². The molecule has 0 unspecified atom stereocenters. The van der Waals surface area contributed by atoms with Crippen molar-refractivity contribution in [2.75, 3.05) is 13.1 Å². The maximum Gasteiger partial charge on any atom is 0.123 e. The maximum absolute atomic E-state index is 9.83. The van der Waals surface area contributed by atoms with Gasteiger partial charge in [-0.3, -0.25) is 4.90 Å². The molecule has 0 saturated carbocycles. The molecule has 5 heteroatoms. The van der Waals surface area contributed by atoms with Gasteiger partial charge >= 0.3 is 0 Å². The van der Waals surface area contributed by atoms with Gasteiger partial charge in [-0.2, -0.15) is 0 Å². The van der Waals surface area contributed by atoms with E-state index in [0.29, 0.717) is 6.54 Å². The van der Waals surface area contributed by atoms with E-state index >= 15 is 0 Å². The van der Waals surface area contributed by atoms with Crippen LogP contribution >= 0.6 is 11.3 Å². The fraction of sp³-hybridized carbons (Fsp3) is 0.400. The molecule has 2 heterocycles. The summed E-state index contributed by atoms with van der Waals surface area (Å²) in [5.74, 6) is 0. The zero-order chi connectivity index (χ0) is 13.9. The average Bonchev–Trinajstić information content (AvgIpc) is 2.92. The number of likely N-dealkylation sites (tertiary alicyclic amines) is 1. The monoisotopic (exact) mass is 289 g/mol. The molecule has 3 N–H and O–H groups in total. The molecular weight excluding hydrogens is 270 g/mol. The van der Waals surface area contributed by atoms with Gasteiger partial charge in [-0.15, -0.1) is 11.3 Å². The highest BCUT2D eigenvalue weighted by Gasteiger charge is 2.24. The molecule has 2 aromatic rings. The van der Waals surface area contributed by atoms with Crippen LogP contribution in [0, 0.1) is 0 Å². The van der Waals surface area contributed by atoms with Crippen LogP contribution in [-0.4, -0.2) is 40.2 Å². The minimum atomic E-state index is -0.412. The highest BCUT2D eigenvalue weighted by Crippen LogP contribution is 2.26. The van der Waals surface area contributed by atoms with Gasteiger partial charge in [0.05, 0.1) is 6.10 Å². The first kappa shape index (κ1) is 13.7. The lowest BCUT2D eigenvalue weighted by Gasteiger charge is -2.33. The molecule has 3 rings (SSSR count). The Kier molecular flexibility index (Phi) is 4.12. The Labute approximate surface area is 122 Å². The van der Waals surface area contributed by atoms with Crippen LogP contribution in [0.1, 0.15) is 11.3 Å². The van der Waals surface area contributed by atoms with Crippen molar-refractivity contribution in [2.24, 2.45) is 5.73 Å². The molecule has 20 heavy (non-hydrogen) atoms. The quantitative estimate of drug-likeness (QED) is 0.903. The molecule has 0 amide bonds. The van der Waals surface area contributed by atoms with Crippen LogP contribution in [-0.2, 0) is 6.54 Å². The third-order valence-corrected chi connectivity index (χ3v) is 4.70. The standard InChI is InChI=1S/C15H19N3OS/c16-13-6-7-18(10-14(13)19)9-12-8-17-15(20-12)11-4-2-1-3-5-11/h1-5,8,13-14,19H,6-7,9-10,16H2/t13-,14-/m1/s1. The predicted octanol–water partition coefficient (Wildman–Crippen LogP) is 1.70. The van der Waals surface area contributed by atoms with Crippen molar-refractivity contribution in [3.8, 4) is 10.6 Å². The molecule has 0 bridgehead atoms. The molecule has 0 spiro atoms. The van der Waals surface area contributed by atoms with Gasteiger partial charge in [0, 0.05) is 42.3 Å². The SMILES string of the molecule is N[C@@H]1CCN(Cc2cnc(-c3ccccc3)s2)C[C@H]1O. The second-order valence-corrected chi connectivity index (χ2v) is 6.37. The summed E-state index contributed by atoms with van der Waals surface area (Å²) < 4.78 is 0. The van der Waals surface area contributed by atoms with Crippen molar-refractivity contribution >= 4 is 11.3 Å². The fourth-order valence-electron chi connectivity index (χ4n) is 2.47. The first-order valence-corrected chi connectivity index (χ1v) is 7.70. The van der Waals surface area contributed by atoms with Crippen LogP contribution in [0.15, 0.2) is 36.5 Å². The number of hydrogen-bond acceptors (Lipinski definition) is 5. The first-order valence-electron chi connectivity index (χ1n) is 6.88. The highest BCUT2D eigenvalue weighted by atomic mass is 32.1. The van der Waals surface area contributed by atoms with Gasteiger partial charge in [-0.05, 0) is 6.42 Å². The van der Waals surface area contributed by atoms with E-state index in [0.717, 1.165) is 30.1 Å². The molecule has 0 radical (unpaired) electrons. The summed E-state index contributed by atoms with van der Waals surface area (Å²) in [5, 5.41) is 10.9. The number of nitrogens with zero attached hydrogens (tertiary/aromatic N) is 2. The summed E-state index contributed by atoms with van der Waals surface area (Å²) in [7, 11) is 0. The number of benzene rings is 1. The van der Waals surface area contributed by atoms with E-state index in [4.69, 9.17) is 5.73 Å². The van der Waals surface area contributed by atoms with Gasteiger partial charge in [0.15, 0.2) is 0 Å². The van der Waals surface area contributed by atoms with E-state index in [1.807, 2.05) is 24.4 Å². The smallest absolute Gasteiger partial charge is 0.123 e. The number of hydrogen-bond donors (Lipinski definition) is 2. The number of β-amino-alcohol motifs (C(OH)–C–C–N with tert-alkyl or cyclic N) is 1. The molecule has 4 nitrogen and oxygen atoms in total. The van der Waals surface area contributed by atoms with Gasteiger partial charge < -0.3 is 10.8 Å². The van der Waals surface area contributed by atoms with E-state index < -0.39 is 6.10 Å². The Morgan fingerprint density at radius 1 is 1.35 bits per heavy atom. The second kappa shape index (κ2) is 6.01. The van der Waals surface area contributed by atoms with Crippen molar-refractivity contribution in [1.82, 2.24) is 9.88 Å². The lowest BCUT2D eigenvalue weighted by Crippen LogP contribution is -2.50. The third kappa shape index (κ3) is 3.07. The summed E-state index contributed by atoms with van der Waals surface area (Å²) in [6, 6.07) is 10.1. The van der Waals surface area contributed by atoms with Crippen LogP contribution in [0.25, 0.3) is 10.6 Å². The third-order valence-electron chi connectivity index (χ3n) is 3.67. The second-order valence-electron chi connectivity index (χ2n) is 5.25. The summed E-state index contributed by atoms with van der Waals surface area (Å²) in [4.78, 5) is 7.97. The molecule has 2 atom stereocenters. The Balaban J connectivity index is 1.66. The number of thiazole rings is 1. The molecule has 1 aliphatic heterocycles. The minimum Gasteiger partial charge on any atom is -0.390 e.